The molecule has 6 nitrogen and oxygen atoms in total. The number of carbonyl (C=O) groups is 2. The standard InChI is InChI=1S/C13H21N3O3S/c1-9(2)16(7-5-10(17)18)12(19)15-13(3,4)11-14-6-8-20-11/h6,8-9H,5,7H2,1-4H3,(H,15,19)(H,17,18). The molecule has 1 heterocycles. The van der Waals surface area contributed by atoms with Gasteiger partial charge < -0.3 is 15.3 Å². The molecule has 0 bridgehead atoms. The van der Waals surface area contributed by atoms with Gasteiger partial charge in [0.2, 0.25) is 0 Å². The van der Waals surface area contributed by atoms with Gasteiger partial charge in [0.05, 0.1) is 12.0 Å². The summed E-state index contributed by atoms with van der Waals surface area (Å²) in [4.78, 5) is 28.7. The Kier molecular flexibility index (Phi) is 5.50. The molecular weight excluding hydrogens is 278 g/mol. The minimum absolute atomic E-state index is 0.0662. The third kappa shape index (κ3) is 4.48. The van der Waals surface area contributed by atoms with Crippen LogP contribution in [0.25, 0.3) is 0 Å². The van der Waals surface area contributed by atoms with E-state index in [1.54, 1.807) is 6.20 Å². The van der Waals surface area contributed by atoms with Crippen LogP contribution in [0, 0.1) is 0 Å². The smallest absolute Gasteiger partial charge is 0.318 e. The number of hydrogen-bond donors (Lipinski definition) is 2. The molecule has 1 aromatic rings. The summed E-state index contributed by atoms with van der Waals surface area (Å²) in [7, 11) is 0. The van der Waals surface area contributed by atoms with Crippen molar-refractivity contribution in [3.05, 3.63) is 16.6 Å². The Bertz CT molecular complexity index is 457. The molecule has 112 valence electrons. The number of hydrogen-bond acceptors (Lipinski definition) is 4. The highest BCUT2D eigenvalue weighted by Crippen LogP contribution is 2.22. The normalized spacial score (nSPS) is 11.4. The summed E-state index contributed by atoms with van der Waals surface area (Å²) in [5.41, 5.74) is -0.582. The Balaban J connectivity index is 2.73. The second kappa shape index (κ2) is 6.69. The van der Waals surface area contributed by atoms with E-state index < -0.39 is 11.5 Å². The van der Waals surface area contributed by atoms with Gasteiger partial charge in [-0.3, -0.25) is 4.79 Å². The first kappa shape index (κ1) is 16.4. The van der Waals surface area contributed by atoms with Crippen LogP contribution in [0.3, 0.4) is 0 Å². The van der Waals surface area contributed by atoms with Crippen LogP contribution in [0.1, 0.15) is 39.1 Å². The van der Waals surface area contributed by atoms with Gasteiger partial charge in [-0.2, -0.15) is 0 Å². The van der Waals surface area contributed by atoms with Crippen LogP contribution in [0.4, 0.5) is 4.79 Å². The predicted molar refractivity (Wildman–Crippen MR) is 77.8 cm³/mol. The van der Waals surface area contributed by atoms with Crippen molar-refractivity contribution in [1.29, 1.82) is 0 Å². The summed E-state index contributed by atoms with van der Waals surface area (Å²) in [6.45, 7) is 7.65. The first-order valence-corrected chi connectivity index (χ1v) is 7.32. The van der Waals surface area contributed by atoms with Crippen molar-refractivity contribution in [2.45, 2.75) is 45.7 Å². The zero-order valence-corrected chi connectivity index (χ0v) is 13.0. The number of rotatable bonds is 6. The van der Waals surface area contributed by atoms with Crippen molar-refractivity contribution in [3.8, 4) is 0 Å². The van der Waals surface area contributed by atoms with E-state index in [-0.39, 0.29) is 25.0 Å². The van der Waals surface area contributed by atoms with E-state index in [1.807, 2.05) is 33.1 Å². The van der Waals surface area contributed by atoms with E-state index in [9.17, 15) is 9.59 Å². The van der Waals surface area contributed by atoms with Crippen molar-refractivity contribution in [2.75, 3.05) is 6.54 Å². The van der Waals surface area contributed by atoms with Gasteiger partial charge in [-0.1, -0.05) is 0 Å². The number of nitrogens with zero attached hydrogens (tertiary/aromatic N) is 2. The van der Waals surface area contributed by atoms with Gasteiger partial charge in [0.25, 0.3) is 0 Å². The Hall–Kier alpha value is -1.63. The van der Waals surface area contributed by atoms with Crippen LogP contribution in [-0.2, 0) is 10.3 Å². The predicted octanol–water partition coefficient (Wildman–Crippen LogP) is 2.27. The zero-order chi connectivity index (χ0) is 15.3. The summed E-state index contributed by atoms with van der Waals surface area (Å²) < 4.78 is 0. The number of thiazole rings is 1. The third-order valence-electron chi connectivity index (χ3n) is 2.84. The average molecular weight is 299 g/mol. The van der Waals surface area contributed by atoms with Gasteiger partial charge >= 0.3 is 12.0 Å². The number of aliphatic carboxylic acids is 1. The molecule has 0 radical (unpaired) electrons. The largest absolute Gasteiger partial charge is 0.481 e. The molecule has 0 saturated carbocycles. The molecule has 7 heteroatoms. The van der Waals surface area contributed by atoms with E-state index in [1.165, 1.54) is 16.2 Å². The maximum atomic E-state index is 12.3. The fraction of sp³-hybridized carbons (Fsp3) is 0.615. The fourth-order valence-electron chi connectivity index (χ4n) is 1.74. The molecule has 2 amide bonds. The summed E-state index contributed by atoms with van der Waals surface area (Å²) in [6.07, 6.45) is 1.63. The molecule has 0 aliphatic carbocycles. The Labute approximate surface area is 122 Å². The lowest BCUT2D eigenvalue weighted by atomic mass is 10.1. The van der Waals surface area contributed by atoms with E-state index in [0.717, 1.165) is 5.01 Å². The van der Waals surface area contributed by atoms with Crippen molar-refractivity contribution in [2.24, 2.45) is 0 Å². The molecular formula is C13H21N3O3S. The quantitative estimate of drug-likeness (QED) is 0.844. The topological polar surface area (TPSA) is 82.5 Å². The fourth-order valence-corrected chi connectivity index (χ4v) is 2.45. The van der Waals surface area contributed by atoms with Crippen molar-refractivity contribution in [3.63, 3.8) is 0 Å². The maximum absolute atomic E-state index is 12.3. The molecule has 0 aliphatic heterocycles. The van der Waals surface area contributed by atoms with Crippen molar-refractivity contribution < 1.29 is 14.7 Å². The minimum Gasteiger partial charge on any atom is -0.481 e. The first-order chi connectivity index (χ1) is 9.24. The number of carboxylic acid groups (broad SMARTS) is 1. The highest BCUT2D eigenvalue weighted by atomic mass is 32.1. The van der Waals surface area contributed by atoms with Gasteiger partial charge in [-0.15, -0.1) is 11.3 Å². The van der Waals surface area contributed by atoms with E-state index >= 15 is 0 Å². The molecule has 0 saturated heterocycles. The van der Waals surface area contributed by atoms with Gasteiger partial charge in [0, 0.05) is 24.2 Å². The second-order valence-corrected chi connectivity index (χ2v) is 6.22. The SMILES string of the molecule is CC(C)N(CCC(=O)O)C(=O)NC(C)(C)c1nccs1. The van der Waals surface area contributed by atoms with Gasteiger partial charge in [0.15, 0.2) is 0 Å². The summed E-state index contributed by atoms with van der Waals surface area (Å²) >= 11 is 1.47. The number of carbonyl (C=O) groups excluding carboxylic acids is 1. The summed E-state index contributed by atoms with van der Waals surface area (Å²) in [5.74, 6) is -0.914. The lowest BCUT2D eigenvalue weighted by Crippen LogP contribution is -2.51. The van der Waals surface area contributed by atoms with Gasteiger partial charge in [-0.05, 0) is 27.7 Å². The summed E-state index contributed by atoms with van der Waals surface area (Å²) in [5, 5.41) is 14.3. The lowest BCUT2D eigenvalue weighted by Gasteiger charge is -2.31. The average Bonchev–Trinajstić information content (AvgIpc) is 2.81. The van der Waals surface area contributed by atoms with Crippen molar-refractivity contribution >= 4 is 23.3 Å². The number of urea groups is 1. The molecule has 0 fully saturated rings. The molecule has 0 aromatic carbocycles. The zero-order valence-electron chi connectivity index (χ0n) is 12.2. The number of carboxylic acids is 1. The number of nitrogens with one attached hydrogen (secondary N) is 1. The summed E-state index contributed by atoms with van der Waals surface area (Å²) in [6, 6.07) is -0.345. The molecule has 0 unspecified atom stereocenters. The van der Waals surface area contributed by atoms with Crippen LogP contribution in [0.5, 0.6) is 0 Å². The molecule has 1 aromatic heterocycles. The molecule has 2 N–H and O–H groups in total. The molecule has 0 atom stereocenters. The van der Waals surface area contributed by atoms with E-state index in [0.29, 0.717) is 0 Å². The van der Waals surface area contributed by atoms with Gasteiger partial charge in [-0.25, -0.2) is 9.78 Å². The van der Waals surface area contributed by atoms with E-state index in [4.69, 9.17) is 5.11 Å². The van der Waals surface area contributed by atoms with Crippen LogP contribution in [-0.4, -0.2) is 39.6 Å². The molecule has 0 spiro atoms. The number of aromatic nitrogens is 1. The second-order valence-electron chi connectivity index (χ2n) is 5.32. The van der Waals surface area contributed by atoms with Crippen LogP contribution >= 0.6 is 11.3 Å². The Morgan fingerprint density at radius 3 is 2.60 bits per heavy atom. The van der Waals surface area contributed by atoms with Gasteiger partial charge in [0.1, 0.15) is 5.01 Å². The monoisotopic (exact) mass is 299 g/mol. The molecule has 0 aliphatic rings. The highest BCUT2D eigenvalue weighted by molar-refractivity contribution is 7.09. The Morgan fingerprint density at radius 2 is 2.15 bits per heavy atom. The molecule has 20 heavy (non-hydrogen) atoms. The van der Waals surface area contributed by atoms with Crippen LogP contribution in [0.15, 0.2) is 11.6 Å². The van der Waals surface area contributed by atoms with Crippen LogP contribution < -0.4 is 5.32 Å². The van der Waals surface area contributed by atoms with Crippen LogP contribution in [0.2, 0.25) is 0 Å². The molecule has 1 rings (SSSR count). The van der Waals surface area contributed by atoms with Crippen molar-refractivity contribution in [1.82, 2.24) is 15.2 Å². The first-order valence-electron chi connectivity index (χ1n) is 6.44. The highest BCUT2D eigenvalue weighted by Gasteiger charge is 2.28. The van der Waals surface area contributed by atoms with E-state index in [2.05, 4.69) is 10.3 Å². The third-order valence-corrected chi connectivity index (χ3v) is 3.93. The lowest BCUT2D eigenvalue weighted by molar-refractivity contribution is -0.137. The maximum Gasteiger partial charge on any atom is 0.318 e. The minimum atomic E-state index is -0.914. The Morgan fingerprint density at radius 1 is 1.50 bits per heavy atom. The number of amides is 2.